The standard InChI is InChI=1S/C20H19BrFN3O3S/c1-12(28-17-5-2-13(22)10-15(17)21)19(26)23-14-3-4-16-18(11-14)29-20(24-16)25-6-8-27-9-7-25/h2-5,10-12H,6-9H2,1H3,(H,23,26). The molecule has 9 heteroatoms. The van der Waals surface area contributed by atoms with Gasteiger partial charge in [0.2, 0.25) is 0 Å². The van der Waals surface area contributed by atoms with Gasteiger partial charge in [0.15, 0.2) is 11.2 Å². The Kier molecular flexibility index (Phi) is 5.98. The summed E-state index contributed by atoms with van der Waals surface area (Å²) >= 11 is 4.83. The summed E-state index contributed by atoms with van der Waals surface area (Å²) < 4.78 is 25.7. The Morgan fingerprint density at radius 1 is 1.31 bits per heavy atom. The lowest BCUT2D eigenvalue weighted by Crippen LogP contribution is -2.36. The van der Waals surface area contributed by atoms with Crippen LogP contribution in [0.15, 0.2) is 40.9 Å². The highest BCUT2D eigenvalue weighted by Gasteiger charge is 2.18. The molecule has 1 amide bonds. The lowest BCUT2D eigenvalue weighted by atomic mass is 10.2. The number of halogens is 2. The maximum atomic E-state index is 13.2. The third-order valence-electron chi connectivity index (χ3n) is 4.49. The van der Waals surface area contributed by atoms with Gasteiger partial charge in [-0.15, -0.1) is 0 Å². The Bertz CT molecular complexity index is 1040. The fourth-order valence-corrected chi connectivity index (χ4v) is 4.44. The molecule has 0 saturated carbocycles. The summed E-state index contributed by atoms with van der Waals surface area (Å²) in [5.74, 6) is -0.267. The van der Waals surface area contributed by atoms with Gasteiger partial charge in [-0.25, -0.2) is 9.37 Å². The van der Waals surface area contributed by atoms with Gasteiger partial charge >= 0.3 is 0 Å². The third-order valence-corrected chi connectivity index (χ3v) is 6.19. The number of thiazole rings is 1. The second-order valence-corrected chi connectivity index (χ2v) is 8.47. The van der Waals surface area contributed by atoms with Crippen LogP contribution in [0.25, 0.3) is 10.2 Å². The molecular weight excluding hydrogens is 461 g/mol. The molecule has 0 bridgehead atoms. The zero-order chi connectivity index (χ0) is 20.4. The number of ether oxygens (including phenoxy) is 2. The average molecular weight is 480 g/mol. The number of hydrogen-bond acceptors (Lipinski definition) is 6. The number of carbonyl (C=O) groups is 1. The molecule has 29 heavy (non-hydrogen) atoms. The lowest BCUT2D eigenvalue weighted by Gasteiger charge is -2.25. The average Bonchev–Trinajstić information content (AvgIpc) is 3.14. The van der Waals surface area contributed by atoms with E-state index in [9.17, 15) is 9.18 Å². The molecule has 1 N–H and O–H groups in total. The molecule has 1 unspecified atom stereocenters. The lowest BCUT2D eigenvalue weighted by molar-refractivity contribution is -0.122. The molecule has 2 heterocycles. The largest absolute Gasteiger partial charge is 0.480 e. The van der Waals surface area contributed by atoms with Crippen LogP contribution in [0.3, 0.4) is 0 Å². The fourth-order valence-electron chi connectivity index (χ4n) is 2.94. The number of morpholine rings is 1. The van der Waals surface area contributed by atoms with E-state index in [0.29, 0.717) is 29.1 Å². The van der Waals surface area contributed by atoms with Crippen LogP contribution in [-0.2, 0) is 9.53 Å². The van der Waals surface area contributed by atoms with Gasteiger partial charge in [0.25, 0.3) is 5.91 Å². The van der Waals surface area contributed by atoms with Crippen LogP contribution in [-0.4, -0.2) is 43.3 Å². The molecule has 4 rings (SSSR count). The molecule has 1 aromatic heterocycles. The first-order valence-corrected chi connectivity index (χ1v) is 10.8. The van der Waals surface area contributed by atoms with E-state index < -0.39 is 6.10 Å². The summed E-state index contributed by atoms with van der Waals surface area (Å²) in [4.78, 5) is 19.4. The number of anilines is 2. The van der Waals surface area contributed by atoms with Crippen LogP contribution in [0, 0.1) is 5.82 Å². The first-order chi connectivity index (χ1) is 14.0. The van der Waals surface area contributed by atoms with Gasteiger partial charge < -0.3 is 19.7 Å². The van der Waals surface area contributed by atoms with Crippen molar-refractivity contribution in [2.24, 2.45) is 0 Å². The topological polar surface area (TPSA) is 63.7 Å². The molecule has 152 valence electrons. The molecule has 1 fully saturated rings. The van der Waals surface area contributed by atoms with E-state index in [4.69, 9.17) is 9.47 Å². The van der Waals surface area contributed by atoms with Crippen molar-refractivity contribution in [3.05, 3.63) is 46.7 Å². The molecule has 0 aliphatic carbocycles. The Morgan fingerprint density at radius 3 is 2.86 bits per heavy atom. The van der Waals surface area contributed by atoms with Gasteiger partial charge in [0.05, 0.1) is 27.9 Å². The van der Waals surface area contributed by atoms with Crippen LogP contribution in [0.2, 0.25) is 0 Å². The molecular formula is C20H19BrFN3O3S. The number of fused-ring (bicyclic) bond motifs is 1. The molecule has 6 nitrogen and oxygen atoms in total. The number of rotatable bonds is 5. The monoisotopic (exact) mass is 479 g/mol. The summed E-state index contributed by atoms with van der Waals surface area (Å²) in [6, 6.07) is 9.70. The van der Waals surface area contributed by atoms with Crippen molar-refractivity contribution in [1.29, 1.82) is 0 Å². The molecule has 1 saturated heterocycles. The van der Waals surface area contributed by atoms with Crippen molar-refractivity contribution >= 4 is 54.2 Å². The second kappa shape index (κ2) is 8.64. The summed E-state index contributed by atoms with van der Waals surface area (Å²) in [5, 5.41) is 3.83. The quantitative estimate of drug-likeness (QED) is 0.585. The number of benzene rings is 2. The number of amides is 1. The highest BCUT2D eigenvalue weighted by molar-refractivity contribution is 9.10. The molecule has 1 aliphatic rings. The minimum Gasteiger partial charge on any atom is -0.480 e. The van der Waals surface area contributed by atoms with E-state index in [-0.39, 0.29) is 11.7 Å². The van der Waals surface area contributed by atoms with E-state index in [2.05, 4.69) is 31.1 Å². The molecule has 0 spiro atoms. The number of aromatic nitrogens is 1. The smallest absolute Gasteiger partial charge is 0.265 e. The number of nitrogens with zero attached hydrogens (tertiary/aromatic N) is 2. The zero-order valence-electron chi connectivity index (χ0n) is 15.7. The van der Waals surface area contributed by atoms with Crippen LogP contribution in [0.1, 0.15) is 6.92 Å². The molecule has 2 aromatic carbocycles. The minimum atomic E-state index is -0.752. The maximum Gasteiger partial charge on any atom is 0.265 e. The van der Waals surface area contributed by atoms with Crippen molar-refractivity contribution < 1.29 is 18.7 Å². The van der Waals surface area contributed by atoms with Crippen molar-refractivity contribution in [2.75, 3.05) is 36.5 Å². The Morgan fingerprint density at radius 2 is 2.10 bits per heavy atom. The maximum absolute atomic E-state index is 13.2. The molecule has 3 aromatic rings. The predicted molar refractivity (Wildman–Crippen MR) is 115 cm³/mol. The summed E-state index contributed by atoms with van der Waals surface area (Å²) in [6.45, 7) is 4.72. The highest BCUT2D eigenvalue weighted by Crippen LogP contribution is 2.31. The fraction of sp³-hybridized carbons (Fsp3) is 0.300. The Balaban J connectivity index is 1.44. The summed E-state index contributed by atoms with van der Waals surface area (Å²) in [5.41, 5.74) is 1.57. The van der Waals surface area contributed by atoms with Gasteiger partial charge in [-0.3, -0.25) is 4.79 Å². The van der Waals surface area contributed by atoms with Gasteiger partial charge in [0, 0.05) is 18.8 Å². The van der Waals surface area contributed by atoms with Gasteiger partial charge in [-0.2, -0.15) is 0 Å². The Labute approximate surface area is 179 Å². The van der Waals surface area contributed by atoms with Crippen molar-refractivity contribution in [3.8, 4) is 5.75 Å². The number of hydrogen-bond donors (Lipinski definition) is 1. The SMILES string of the molecule is CC(Oc1ccc(F)cc1Br)C(=O)Nc1ccc2nc(N3CCOCC3)sc2c1. The van der Waals surface area contributed by atoms with Crippen LogP contribution in [0.5, 0.6) is 5.75 Å². The third kappa shape index (κ3) is 4.68. The van der Waals surface area contributed by atoms with E-state index in [1.807, 2.05) is 18.2 Å². The van der Waals surface area contributed by atoms with Crippen LogP contribution in [0.4, 0.5) is 15.2 Å². The molecule has 1 atom stereocenters. The number of carbonyl (C=O) groups excluding carboxylic acids is 1. The Hall–Kier alpha value is -2.23. The van der Waals surface area contributed by atoms with E-state index in [1.165, 1.54) is 18.2 Å². The minimum absolute atomic E-state index is 0.293. The van der Waals surface area contributed by atoms with E-state index in [1.54, 1.807) is 18.3 Å². The molecule has 0 radical (unpaired) electrons. The van der Waals surface area contributed by atoms with E-state index in [0.717, 1.165) is 28.4 Å². The first-order valence-electron chi connectivity index (χ1n) is 9.15. The van der Waals surface area contributed by atoms with Gasteiger partial charge in [0.1, 0.15) is 11.6 Å². The van der Waals surface area contributed by atoms with Crippen molar-refractivity contribution in [1.82, 2.24) is 4.98 Å². The number of nitrogens with one attached hydrogen (secondary N) is 1. The molecule has 1 aliphatic heterocycles. The van der Waals surface area contributed by atoms with Gasteiger partial charge in [-0.1, -0.05) is 11.3 Å². The van der Waals surface area contributed by atoms with E-state index >= 15 is 0 Å². The summed E-state index contributed by atoms with van der Waals surface area (Å²) in [6.07, 6.45) is -0.752. The van der Waals surface area contributed by atoms with Crippen molar-refractivity contribution in [2.45, 2.75) is 13.0 Å². The van der Waals surface area contributed by atoms with Gasteiger partial charge in [-0.05, 0) is 59.3 Å². The highest BCUT2D eigenvalue weighted by atomic mass is 79.9. The van der Waals surface area contributed by atoms with Crippen molar-refractivity contribution in [3.63, 3.8) is 0 Å². The first kappa shape index (κ1) is 20.1. The summed E-state index contributed by atoms with van der Waals surface area (Å²) in [7, 11) is 0. The predicted octanol–water partition coefficient (Wildman–Crippen LogP) is 4.44. The normalized spacial score (nSPS) is 15.3. The second-order valence-electron chi connectivity index (χ2n) is 6.60. The zero-order valence-corrected chi connectivity index (χ0v) is 18.1. The van der Waals surface area contributed by atoms with Crippen LogP contribution < -0.4 is 15.0 Å². The van der Waals surface area contributed by atoms with Crippen LogP contribution >= 0.6 is 27.3 Å².